The van der Waals surface area contributed by atoms with Gasteiger partial charge in [0.1, 0.15) is 6.10 Å². The molecule has 5 nitrogen and oxygen atoms in total. The van der Waals surface area contributed by atoms with Gasteiger partial charge in [0.25, 0.3) is 0 Å². The topological polar surface area (TPSA) is 75.5 Å². The molecule has 1 spiro atoms. The summed E-state index contributed by atoms with van der Waals surface area (Å²) in [6, 6.07) is 2.16. The van der Waals surface area contributed by atoms with Gasteiger partial charge in [0, 0.05) is 23.0 Å². The van der Waals surface area contributed by atoms with Crippen molar-refractivity contribution in [3.8, 4) is 0 Å². The van der Waals surface area contributed by atoms with E-state index in [-0.39, 0.29) is 17.0 Å². The van der Waals surface area contributed by atoms with Crippen LogP contribution in [0.3, 0.4) is 0 Å². The van der Waals surface area contributed by atoms with Crippen LogP contribution in [0.4, 0.5) is 13.2 Å². The summed E-state index contributed by atoms with van der Waals surface area (Å²) < 4.78 is 44.8. The van der Waals surface area contributed by atoms with Crippen LogP contribution in [0.25, 0.3) is 5.57 Å². The monoisotopic (exact) mass is 488 g/mol. The van der Waals surface area contributed by atoms with Gasteiger partial charge in [0.2, 0.25) is 0 Å². The molecule has 2 atom stereocenters. The Hall–Kier alpha value is -2.29. The zero-order valence-corrected chi connectivity index (χ0v) is 20.0. The maximum absolute atomic E-state index is 13.1. The summed E-state index contributed by atoms with van der Waals surface area (Å²) >= 11 is 0. The van der Waals surface area contributed by atoms with Gasteiger partial charge < -0.3 is 14.9 Å². The first kappa shape index (κ1) is 24.4. The van der Waals surface area contributed by atoms with E-state index < -0.39 is 23.9 Å². The van der Waals surface area contributed by atoms with Crippen LogP contribution in [0, 0.1) is 5.41 Å². The molecule has 2 aromatic rings. The van der Waals surface area contributed by atoms with Gasteiger partial charge in [-0.1, -0.05) is 26.3 Å². The van der Waals surface area contributed by atoms with E-state index in [1.54, 1.807) is 0 Å². The third-order valence-electron chi connectivity index (χ3n) is 7.80. The largest absolute Gasteiger partial charge is 0.417 e. The zero-order valence-electron chi connectivity index (χ0n) is 20.0. The second kappa shape index (κ2) is 8.98. The van der Waals surface area contributed by atoms with E-state index in [1.165, 1.54) is 6.07 Å². The summed E-state index contributed by atoms with van der Waals surface area (Å²) in [5.41, 5.74) is 3.95. The zero-order chi connectivity index (χ0) is 25.0. The summed E-state index contributed by atoms with van der Waals surface area (Å²) in [5.74, 6) is -0.0463. The number of alkyl halides is 3. The molecule has 0 bridgehead atoms. The molecule has 0 amide bonds. The lowest BCUT2D eigenvalue weighted by Gasteiger charge is -2.47. The maximum Gasteiger partial charge on any atom is 0.417 e. The summed E-state index contributed by atoms with van der Waals surface area (Å²) in [4.78, 5) is 8.99. The van der Waals surface area contributed by atoms with Gasteiger partial charge in [-0.3, -0.25) is 9.97 Å². The lowest BCUT2D eigenvalue weighted by molar-refractivity contribution is -0.137. The number of fused-ring (bicyclic) bond motifs is 1. The minimum absolute atomic E-state index is 0.0463. The third-order valence-corrected chi connectivity index (χ3v) is 7.80. The second-order valence-corrected chi connectivity index (χ2v) is 10.5. The molecular formula is C27H31F3N2O3. The predicted molar refractivity (Wildman–Crippen MR) is 125 cm³/mol. The molecule has 0 radical (unpaired) electrons. The number of hydrogen-bond acceptors (Lipinski definition) is 5. The van der Waals surface area contributed by atoms with Crippen molar-refractivity contribution in [2.45, 2.75) is 76.7 Å². The molecule has 2 aliphatic carbocycles. The van der Waals surface area contributed by atoms with Crippen LogP contribution >= 0.6 is 0 Å². The maximum atomic E-state index is 13.1. The van der Waals surface area contributed by atoms with E-state index in [9.17, 15) is 23.4 Å². The summed E-state index contributed by atoms with van der Waals surface area (Å²) in [5, 5.41) is 22.9. The van der Waals surface area contributed by atoms with Crippen molar-refractivity contribution in [1.29, 1.82) is 0 Å². The fourth-order valence-corrected chi connectivity index (χ4v) is 5.87. The van der Waals surface area contributed by atoms with Gasteiger partial charge in [-0.25, -0.2) is 0 Å². The van der Waals surface area contributed by atoms with Crippen LogP contribution in [-0.2, 0) is 17.3 Å². The van der Waals surface area contributed by atoms with Crippen molar-refractivity contribution in [1.82, 2.24) is 9.97 Å². The molecule has 0 saturated heterocycles. The van der Waals surface area contributed by atoms with Crippen LogP contribution in [0.2, 0.25) is 0 Å². The Bertz CT molecular complexity index is 1140. The molecule has 0 aromatic carbocycles. The lowest BCUT2D eigenvalue weighted by Crippen LogP contribution is -2.38. The number of pyridine rings is 2. The standard InChI is InChI=1S/C27H31F3N2O3/c1-15(2)24-23(25(34)18-5-4-17(14-31-18)27(28,29)30)21(16-6-10-35-11-7-16)22-19(32-24)12-26(8-3-9-26)13-20(22)33/h4-6,14-15,20,25,33-34H,3,7-13H2,1-2H3. The number of aliphatic hydroxyl groups excluding tert-OH is 2. The van der Waals surface area contributed by atoms with Crippen molar-refractivity contribution in [2.75, 3.05) is 13.2 Å². The minimum atomic E-state index is -4.51. The van der Waals surface area contributed by atoms with Crippen LogP contribution in [0.15, 0.2) is 24.4 Å². The van der Waals surface area contributed by atoms with Crippen molar-refractivity contribution < 1.29 is 28.1 Å². The molecule has 188 valence electrons. The summed E-state index contributed by atoms with van der Waals surface area (Å²) in [6.45, 7) is 4.93. The molecule has 5 rings (SSSR count). The van der Waals surface area contributed by atoms with Gasteiger partial charge in [0.15, 0.2) is 0 Å². The van der Waals surface area contributed by atoms with Crippen LogP contribution in [0.5, 0.6) is 0 Å². The minimum Gasteiger partial charge on any atom is -0.388 e. The Balaban J connectivity index is 1.70. The molecular weight excluding hydrogens is 457 g/mol. The molecule has 1 aliphatic heterocycles. The fraction of sp³-hybridized carbons (Fsp3) is 0.556. The van der Waals surface area contributed by atoms with Crippen LogP contribution in [-0.4, -0.2) is 33.4 Å². The average Bonchev–Trinajstić information content (AvgIpc) is 2.81. The number of halogens is 3. The molecule has 1 fully saturated rings. The number of ether oxygens (including phenoxy) is 1. The molecule has 1 saturated carbocycles. The Morgan fingerprint density at radius 3 is 2.51 bits per heavy atom. The Kier molecular flexibility index (Phi) is 6.26. The Labute approximate surface area is 203 Å². The van der Waals surface area contributed by atoms with Gasteiger partial charge in [0.05, 0.1) is 36.3 Å². The number of nitrogens with zero attached hydrogens (tertiary/aromatic N) is 2. The van der Waals surface area contributed by atoms with Crippen molar-refractivity contribution >= 4 is 5.57 Å². The smallest absolute Gasteiger partial charge is 0.388 e. The molecule has 2 unspecified atom stereocenters. The quantitative estimate of drug-likeness (QED) is 0.581. The highest BCUT2D eigenvalue weighted by Gasteiger charge is 2.46. The van der Waals surface area contributed by atoms with Crippen LogP contribution in [0.1, 0.15) is 103 Å². The second-order valence-electron chi connectivity index (χ2n) is 10.5. The molecule has 35 heavy (non-hydrogen) atoms. The highest BCUT2D eigenvalue weighted by Crippen LogP contribution is 2.55. The fourth-order valence-electron chi connectivity index (χ4n) is 5.87. The van der Waals surface area contributed by atoms with E-state index in [2.05, 4.69) is 4.98 Å². The van der Waals surface area contributed by atoms with Gasteiger partial charge in [-0.2, -0.15) is 13.2 Å². The van der Waals surface area contributed by atoms with Gasteiger partial charge >= 0.3 is 6.18 Å². The average molecular weight is 489 g/mol. The van der Waals surface area contributed by atoms with E-state index >= 15 is 0 Å². The van der Waals surface area contributed by atoms with E-state index in [0.717, 1.165) is 60.3 Å². The number of rotatable bonds is 4. The number of aromatic nitrogens is 2. The molecule has 2 aromatic heterocycles. The number of aliphatic hydroxyl groups is 2. The predicted octanol–water partition coefficient (Wildman–Crippen LogP) is 5.65. The third kappa shape index (κ3) is 4.41. The Morgan fingerprint density at radius 1 is 1.20 bits per heavy atom. The first-order valence-corrected chi connectivity index (χ1v) is 12.3. The first-order chi connectivity index (χ1) is 16.6. The SMILES string of the molecule is CC(C)c1nc2c(c(C3=CCOCC3)c1C(O)c1ccc(C(F)(F)F)cn1)C(O)CC1(CCC1)C2. The van der Waals surface area contributed by atoms with E-state index in [0.29, 0.717) is 37.3 Å². The van der Waals surface area contributed by atoms with Crippen molar-refractivity contribution in [2.24, 2.45) is 5.41 Å². The molecule has 3 aliphatic rings. The van der Waals surface area contributed by atoms with Crippen LogP contribution < -0.4 is 0 Å². The Morgan fingerprint density at radius 2 is 1.97 bits per heavy atom. The highest BCUT2D eigenvalue weighted by atomic mass is 19.4. The molecule has 8 heteroatoms. The van der Waals surface area contributed by atoms with Gasteiger partial charge in [-0.15, -0.1) is 0 Å². The van der Waals surface area contributed by atoms with Crippen molar-refractivity contribution in [3.05, 3.63) is 63.7 Å². The van der Waals surface area contributed by atoms with Gasteiger partial charge in [-0.05, 0) is 66.7 Å². The van der Waals surface area contributed by atoms with E-state index in [1.807, 2.05) is 19.9 Å². The summed E-state index contributed by atoms with van der Waals surface area (Å²) in [6.07, 6.45) is 1.61. The highest BCUT2D eigenvalue weighted by molar-refractivity contribution is 5.74. The lowest BCUT2D eigenvalue weighted by atomic mass is 9.59. The normalized spacial score (nSPS) is 22.5. The first-order valence-electron chi connectivity index (χ1n) is 12.3. The van der Waals surface area contributed by atoms with E-state index in [4.69, 9.17) is 9.72 Å². The summed E-state index contributed by atoms with van der Waals surface area (Å²) in [7, 11) is 0. The molecule has 2 N–H and O–H groups in total. The number of hydrogen-bond donors (Lipinski definition) is 2. The van der Waals surface area contributed by atoms with Crippen molar-refractivity contribution in [3.63, 3.8) is 0 Å². The molecule has 3 heterocycles.